The molecule has 2 amide bonds. The highest BCUT2D eigenvalue weighted by Crippen LogP contribution is 2.31. The Labute approximate surface area is 186 Å². The number of aromatic amines is 1. The number of esters is 1. The third-order valence-corrected chi connectivity index (χ3v) is 5.79. The average molecular weight is 441 g/mol. The molecule has 2 aliphatic heterocycles. The Morgan fingerprint density at radius 2 is 1.72 bits per heavy atom. The van der Waals surface area contributed by atoms with Crippen LogP contribution in [0.5, 0.6) is 11.5 Å². The lowest BCUT2D eigenvalue weighted by Crippen LogP contribution is -2.55. The summed E-state index contributed by atoms with van der Waals surface area (Å²) in [6.07, 6.45) is -0.701. The molecule has 0 unspecified atom stereocenters. The first kappa shape index (κ1) is 21.7. The van der Waals surface area contributed by atoms with E-state index in [2.05, 4.69) is 4.98 Å². The molecule has 0 saturated carbocycles. The number of para-hydroxylation sites is 2. The normalized spacial score (nSPS) is 17.8. The summed E-state index contributed by atoms with van der Waals surface area (Å²) in [4.78, 5) is 44.6. The first-order valence-electron chi connectivity index (χ1n) is 10.7. The lowest BCUT2D eigenvalue weighted by Gasteiger charge is -2.37. The fourth-order valence-corrected chi connectivity index (χ4v) is 4.11. The third-order valence-electron chi connectivity index (χ3n) is 5.79. The van der Waals surface area contributed by atoms with Crippen LogP contribution in [-0.2, 0) is 9.53 Å². The van der Waals surface area contributed by atoms with Gasteiger partial charge in [0.2, 0.25) is 6.10 Å². The fourth-order valence-electron chi connectivity index (χ4n) is 4.11. The van der Waals surface area contributed by atoms with Gasteiger partial charge in [-0.1, -0.05) is 12.1 Å². The van der Waals surface area contributed by atoms with Gasteiger partial charge in [0.25, 0.3) is 11.8 Å². The standard InChI is InChI=1S/C23H27N3O6/c1-4-30-23(29)20-14(2)19(15(3)24-20)22(28)26-11-9-25(10-12-26)21(27)18-13-31-16-7-5-6-8-17(16)32-18/h5-8,18,24H,4,9-13H2,1-3H3/t18-/m1/s1. The third kappa shape index (κ3) is 4.02. The zero-order valence-electron chi connectivity index (χ0n) is 18.5. The van der Waals surface area contributed by atoms with Crippen LogP contribution in [0.15, 0.2) is 24.3 Å². The Balaban J connectivity index is 1.38. The van der Waals surface area contributed by atoms with Crippen molar-refractivity contribution < 1.29 is 28.6 Å². The molecule has 1 aromatic heterocycles. The molecule has 170 valence electrons. The van der Waals surface area contributed by atoms with Gasteiger partial charge < -0.3 is 29.0 Å². The van der Waals surface area contributed by atoms with Crippen molar-refractivity contribution in [1.29, 1.82) is 0 Å². The maximum absolute atomic E-state index is 13.2. The molecule has 2 aliphatic rings. The van der Waals surface area contributed by atoms with E-state index in [1.807, 2.05) is 12.1 Å². The fraction of sp³-hybridized carbons (Fsp3) is 0.435. The van der Waals surface area contributed by atoms with Gasteiger partial charge in [0.05, 0.1) is 12.2 Å². The predicted octanol–water partition coefficient (Wildman–Crippen LogP) is 1.93. The summed E-state index contributed by atoms with van der Waals surface area (Å²) in [5.41, 5.74) is 1.99. The summed E-state index contributed by atoms with van der Waals surface area (Å²) in [6, 6.07) is 7.26. The van der Waals surface area contributed by atoms with Gasteiger partial charge in [-0.15, -0.1) is 0 Å². The molecule has 9 nitrogen and oxygen atoms in total. The Kier molecular flexibility index (Phi) is 6.07. The molecule has 32 heavy (non-hydrogen) atoms. The van der Waals surface area contributed by atoms with Gasteiger partial charge in [-0.05, 0) is 38.5 Å². The lowest BCUT2D eigenvalue weighted by atomic mass is 10.1. The van der Waals surface area contributed by atoms with Crippen molar-refractivity contribution in [2.75, 3.05) is 39.4 Å². The lowest BCUT2D eigenvalue weighted by molar-refractivity contribution is -0.142. The zero-order valence-corrected chi connectivity index (χ0v) is 18.5. The molecule has 0 bridgehead atoms. The second-order valence-corrected chi connectivity index (χ2v) is 7.83. The van der Waals surface area contributed by atoms with Crippen LogP contribution >= 0.6 is 0 Å². The van der Waals surface area contributed by atoms with Gasteiger partial charge in [0.15, 0.2) is 11.5 Å². The molecular formula is C23H27N3O6. The highest BCUT2D eigenvalue weighted by molar-refractivity contribution is 6.01. The van der Waals surface area contributed by atoms with Gasteiger partial charge in [-0.2, -0.15) is 0 Å². The molecule has 3 heterocycles. The predicted molar refractivity (Wildman–Crippen MR) is 115 cm³/mol. The van der Waals surface area contributed by atoms with E-state index in [0.29, 0.717) is 60.2 Å². The van der Waals surface area contributed by atoms with Crippen LogP contribution < -0.4 is 9.47 Å². The number of nitrogens with one attached hydrogen (secondary N) is 1. The maximum atomic E-state index is 13.2. The van der Waals surface area contributed by atoms with E-state index in [1.54, 1.807) is 42.7 Å². The van der Waals surface area contributed by atoms with Crippen LogP contribution in [-0.4, -0.2) is 78.1 Å². The van der Waals surface area contributed by atoms with Crippen molar-refractivity contribution in [3.63, 3.8) is 0 Å². The molecule has 1 atom stereocenters. The largest absolute Gasteiger partial charge is 0.485 e. The molecule has 1 saturated heterocycles. The average Bonchev–Trinajstić information content (AvgIpc) is 3.12. The van der Waals surface area contributed by atoms with Crippen molar-refractivity contribution in [2.24, 2.45) is 0 Å². The van der Waals surface area contributed by atoms with Crippen molar-refractivity contribution in [3.8, 4) is 11.5 Å². The van der Waals surface area contributed by atoms with E-state index in [4.69, 9.17) is 14.2 Å². The quantitative estimate of drug-likeness (QED) is 0.728. The van der Waals surface area contributed by atoms with Crippen LogP contribution in [0.2, 0.25) is 0 Å². The van der Waals surface area contributed by atoms with Crippen molar-refractivity contribution in [1.82, 2.24) is 14.8 Å². The van der Waals surface area contributed by atoms with E-state index in [-0.39, 0.29) is 25.0 Å². The highest BCUT2D eigenvalue weighted by Gasteiger charge is 2.34. The number of H-pyrrole nitrogens is 1. The van der Waals surface area contributed by atoms with E-state index in [9.17, 15) is 14.4 Å². The zero-order chi connectivity index (χ0) is 22.8. The van der Waals surface area contributed by atoms with Crippen molar-refractivity contribution in [2.45, 2.75) is 26.9 Å². The number of ether oxygens (including phenoxy) is 3. The molecule has 1 N–H and O–H groups in total. The molecule has 2 aromatic rings. The number of hydrogen-bond acceptors (Lipinski definition) is 6. The van der Waals surface area contributed by atoms with Crippen LogP contribution in [0.1, 0.15) is 39.0 Å². The number of carbonyl (C=O) groups excluding carboxylic acids is 3. The van der Waals surface area contributed by atoms with Crippen LogP contribution in [0.25, 0.3) is 0 Å². The molecule has 0 spiro atoms. The number of aryl methyl sites for hydroxylation is 1. The van der Waals surface area contributed by atoms with Crippen LogP contribution in [0.4, 0.5) is 0 Å². The second kappa shape index (κ2) is 8.94. The molecule has 0 radical (unpaired) electrons. The van der Waals surface area contributed by atoms with Crippen molar-refractivity contribution >= 4 is 17.8 Å². The van der Waals surface area contributed by atoms with Crippen LogP contribution in [0.3, 0.4) is 0 Å². The minimum Gasteiger partial charge on any atom is -0.485 e. The summed E-state index contributed by atoms with van der Waals surface area (Å²) in [7, 11) is 0. The van der Waals surface area contributed by atoms with Gasteiger partial charge in [0.1, 0.15) is 12.3 Å². The first-order valence-corrected chi connectivity index (χ1v) is 10.7. The summed E-state index contributed by atoms with van der Waals surface area (Å²) in [5, 5.41) is 0. The number of piperazine rings is 1. The topological polar surface area (TPSA) is 101 Å². The molecule has 9 heteroatoms. The number of fused-ring (bicyclic) bond motifs is 1. The van der Waals surface area contributed by atoms with Gasteiger partial charge in [-0.25, -0.2) is 4.79 Å². The summed E-state index contributed by atoms with van der Waals surface area (Å²) < 4.78 is 16.5. The highest BCUT2D eigenvalue weighted by atomic mass is 16.6. The molecule has 1 fully saturated rings. The van der Waals surface area contributed by atoms with E-state index >= 15 is 0 Å². The monoisotopic (exact) mass is 441 g/mol. The smallest absolute Gasteiger partial charge is 0.355 e. The Morgan fingerprint density at radius 1 is 1.06 bits per heavy atom. The van der Waals surface area contributed by atoms with E-state index < -0.39 is 12.1 Å². The number of hydrogen-bond donors (Lipinski definition) is 1. The number of nitrogens with zero attached hydrogens (tertiary/aromatic N) is 2. The van der Waals surface area contributed by atoms with Gasteiger partial charge in [-0.3, -0.25) is 9.59 Å². The number of amides is 2. The van der Waals surface area contributed by atoms with Gasteiger partial charge in [0, 0.05) is 31.9 Å². The van der Waals surface area contributed by atoms with E-state index in [1.165, 1.54) is 0 Å². The number of aromatic nitrogens is 1. The Bertz CT molecular complexity index is 1040. The molecule has 4 rings (SSSR count). The molecular weight excluding hydrogens is 414 g/mol. The second-order valence-electron chi connectivity index (χ2n) is 7.83. The summed E-state index contributed by atoms with van der Waals surface area (Å²) >= 11 is 0. The minimum absolute atomic E-state index is 0.148. The number of carbonyl (C=O) groups is 3. The molecule has 1 aromatic carbocycles. The summed E-state index contributed by atoms with van der Waals surface area (Å²) in [5.74, 6) is 0.405. The number of rotatable bonds is 4. The maximum Gasteiger partial charge on any atom is 0.355 e. The first-order chi connectivity index (χ1) is 15.4. The van der Waals surface area contributed by atoms with E-state index in [0.717, 1.165) is 0 Å². The SMILES string of the molecule is CCOC(=O)c1[nH]c(C)c(C(=O)N2CCN(C(=O)[C@H]3COc4ccccc4O3)CC2)c1C. The minimum atomic E-state index is -0.701. The summed E-state index contributed by atoms with van der Waals surface area (Å²) in [6.45, 7) is 7.26. The van der Waals surface area contributed by atoms with Crippen molar-refractivity contribution in [3.05, 3.63) is 46.8 Å². The Morgan fingerprint density at radius 3 is 2.41 bits per heavy atom. The molecule has 0 aliphatic carbocycles. The van der Waals surface area contributed by atoms with Crippen LogP contribution in [0, 0.1) is 13.8 Å². The Hall–Kier alpha value is -3.49. The number of benzene rings is 1. The van der Waals surface area contributed by atoms with Gasteiger partial charge >= 0.3 is 5.97 Å².